The number of carbonyl (C=O) groups excluding carboxylic acids is 1. The molecule has 4 aromatic rings. The van der Waals surface area contributed by atoms with E-state index in [4.69, 9.17) is 38.9 Å². The summed E-state index contributed by atoms with van der Waals surface area (Å²) in [5, 5.41) is 16.8. The molecule has 0 spiro atoms. The lowest BCUT2D eigenvalue weighted by Gasteiger charge is -2.33. The number of amides is 1. The summed E-state index contributed by atoms with van der Waals surface area (Å²) in [4.78, 5) is 28.7. The maximum absolute atomic E-state index is 11.9. The quantitative estimate of drug-likeness (QED) is 0.217. The number of halogens is 2. The molecule has 0 bridgehead atoms. The van der Waals surface area contributed by atoms with Crippen LogP contribution in [0.3, 0.4) is 0 Å². The molecule has 43 heavy (non-hydrogen) atoms. The number of nitrogens with two attached hydrogens (primary N) is 1. The van der Waals surface area contributed by atoms with Gasteiger partial charge in [-0.05, 0) is 62.8 Å². The summed E-state index contributed by atoms with van der Waals surface area (Å²) >= 11 is 13.0. The summed E-state index contributed by atoms with van der Waals surface area (Å²) in [5.74, 6) is 0.670. The molecule has 4 N–H and O–H groups in total. The van der Waals surface area contributed by atoms with E-state index < -0.39 is 0 Å². The number of piperidine rings is 1. The highest BCUT2D eigenvalue weighted by atomic mass is 35.5. The maximum atomic E-state index is 11.9. The van der Waals surface area contributed by atoms with Crippen molar-refractivity contribution in [2.24, 2.45) is 11.7 Å². The fraction of sp³-hybridized carbons (Fsp3) is 0.387. The van der Waals surface area contributed by atoms with E-state index >= 15 is 0 Å². The second-order valence-electron chi connectivity index (χ2n) is 11.4. The number of hydrogen-bond donors (Lipinski definition) is 3. The van der Waals surface area contributed by atoms with E-state index in [2.05, 4.69) is 55.4 Å². The Kier molecular flexibility index (Phi) is 8.66. The number of imidazole rings is 1. The van der Waals surface area contributed by atoms with Gasteiger partial charge in [0, 0.05) is 31.1 Å². The zero-order valence-electron chi connectivity index (χ0n) is 23.6. The third-order valence-electron chi connectivity index (χ3n) is 8.39. The number of hydrogen-bond acceptors (Lipinski definition) is 8. The Hall–Kier alpha value is -3.91. The molecule has 2 aromatic carbocycles. The zero-order valence-corrected chi connectivity index (χ0v) is 25.2. The molecule has 0 radical (unpaired) electrons. The number of benzene rings is 2. The van der Waals surface area contributed by atoms with E-state index in [0.29, 0.717) is 57.2 Å². The second-order valence-corrected chi connectivity index (χ2v) is 12.2. The van der Waals surface area contributed by atoms with Gasteiger partial charge in [0.05, 0.1) is 33.6 Å². The maximum Gasteiger partial charge on any atom is 0.225 e. The van der Waals surface area contributed by atoms with Crippen molar-refractivity contribution in [1.29, 1.82) is 5.26 Å². The van der Waals surface area contributed by atoms with Crippen molar-refractivity contribution in [3.05, 3.63) is 69.8 Å². The fourth-order valence-corrected chi connectivity index (χ4v) is 6.80. The minimum atomic E-state index is -0.258. The van der Waals surface area contributed by atoms with Crippen LogP contribution in [0.2, 0.25) is 10.0 Å². The van der Waals surface area contributed by atoms with Gasteiger partial charge >= 0.3 is 0 Å². The molecule has 1 atom stereocenters. The van der Waals surface area contributed by atoms with Gasteiger partial charge in [0.1, 0.15) is 5.52 Å². The van der Waals surface area contributed by atoms with E-state index in [0.717, 1.165) is 45.3 Å². The number of primary amides is 1. The van der Waals surface area contributed by atoms with E-state index in [-0.39, 0.29) is 23.9 Å². The summed E-state index contributed by atoms with van der Waals surface area (Å²) in [6.45, 7) is 2.87. The van der Waals surface area contributed by atoms with Crippen LogP contribution in [-0.4, -0.2) is 49.5 Å². The van der Waals surface area contributed by atoms with Crippen LogP contribution >= 0.6 is 23.2 Å². The van der Waals surface area contributed by atoms with Crippen LogP contribution in [0, 0.1) is 17.2 Å². The lowest BCUT2D eigenvalue weighted by Crippen LogP contribution is -2.41. The Morgan fingerprint density at radius 3 is 2.51 bits per heavy atom. The number of likely N-dealkylation sites (tertiary alicyclic amines) is 1. The van der Waals surface area contributed by atoms with Gasteiger partial charge in [0.25, 0.3) is 0 Å². The predicted octanol–water partition coefficient (Wildman–Crippen LogP) is 6.04. The number of anilines is 3. The van der Waals surface area contributed by atoms with Crippen LogP contribution < -0.4 is 16.4 Å². The highest BCUT2D eigenvalue weighted by Crippen LogP contribution is 2.39. The van der Waals surface area contributed by atoms with Crippen LogP contribution in [0.25, 0.3) is 11.2 Å². The smallest absolute Gasteiger partial charge is 0.225 e. The van der Waals surface area contributed by atoms with Crippen molar-refractivity contribution in [1.82, 2.24) is 24.4 Å². The molecule has 10 nitrogen and oxygen atoms in total. The normalized spacial score (nSPS) is 20.9. The van der Waals surface area contributed by atoms with Crippen LogP contribution in [0.15, 0.2) is 48.7 Å². The van der Waals surface area contributed by atoms with Crippen LogP contribution in [0.5, 0.6) is 0 Å². The summed E-state index contributed by atoms with van der Waals surface area (Å²) in [7, 11) is 0. The van der Waals surface area contributed by atoms with Gasteiger partial charge < -0.3 is 16.4 Å². The van der Waals surface area contributed by atoms with Gasteiger partial charge in [-0.1, -0.05) is 53.5 Å². The Morgan fingerprint density at radius 2 is 1.81 bits per heavy atom. The van der Waals surface area contributed by atoms with Crippen LogP contribution in [0.4, 0.5) is 17.6 Å². The third kappa shape index (κ3) is 6.54. The number of nitrogens with zero attached hydrogens (tertiary/aromatic N) is 6. The van der Waals surface area contributed by atoms with Gasteiger partial charge in [0.15, 0.2) is 5.65 Å². The van der Waals surface area contributed by atoms with Crippen molar-refractivity contribution >= 4 is 57.9 Å². The third-order valence-corrected chi connectivity index (χ3v) is 8.99. The first kappa shape index (κ1) is 29.2. The lowest BCUT2D eigenvalue weighted by molar-refractivity contribution is -0.122. The lowest BCUT2D eigenvalue weighted by atomic mass is 9.85. The molecule has 1 amide bonds. The Balaban J connectivity index is 1.29. The summed E-state index contributed by atoms with van der Waals surface area (Å²) in [5.41, 5.74) is 9.05. The Morgan fingerprint density at radius 1 is 1.07 bits per heavy atom. The van der Waals surface area contributed by atoms with Crippen molar-refractivity contribution in [2.75, 3.05) is 23.7 Å². The van der Waals surface area contributed by atoms with E-state index in [9.17, 15) is 10.1 Å². The number of carbonyl (C=O) groups is 1. The Labute approximate surface area is 260 Å². The molecule has 1 aliphatic heterocycles. The molecule has 1 saturated heterocycles. The molecular weight excluding hydrogens is 585 g/mol. The highest BCUT2D eigenvalue weighted by Gasteiger charge is 2.30. The standard InChI is InChI=1S/C31H33Cl2N9O/c32-24-13-20(15-34)14-25(33)27(24)39-31-38-26-16-36-30(40-29(26)42(31)23-10-8-21(9-11-23)28(35)43)37-22-7-4-12-41(18-22)17-19-5-2-1-3-6-19/h1-3,5-6,13-14,16,21-23H,4,7-12,17-18H2,(H2,35,43)(H,38,39)(H,36,37,40)/t21-,22-,23-/m1/s1. The van der Waals surface area contributed by atoms with E-state index in [1.807, 2.05) is 6.07 Å². The molecule has 1 saturated carbocycles. The van der Waals surface area contributed by atoms with E-state index in [1.165, 1.54) is 5.56 Å². The van der Waals surface area contributed by atoms with Gasteiger partial charge in [-0.15, -0.1) is 0 Å². The second kappa shape index (κ2) is 12.8. The Bertz CT molecular complexity index is 1640. The molecule has 3 heterocycles. The number of nitriles is 1. The van der Waals surface area contributed by atoms with Gasteiger partial charge in [-0.25, -0.2) is 9.97 Å². The average molecular weight is 619 g/mol. The SMILES string of the molecule is N#Cc1cc(Cl)c(Nc2nc3cnc(N[C@@H]4CCCN(Cc5ccccc5)C4)nc3n2[C@H]2CC[C@H](C(N)=O)CC2)c(Cl)c1. The highest BCUT2D eigenvalue weighted by molar-refractivity contribution is 6.39. The molecule has 0 unspecified atom stereocenters. The van der Waals surface area contributed by atoms with Crippen LogP contribution in [0.1, 0.15) is 55.7 Å². The van der Waals surface area contributed by atoms with Gasteiger partial charge in [-0.3, -0.25) is 14.3 Å². The first-order valence-electron chi connectivity index (χ1n) is 14.6. The average Bonchev–Trinajstić information content (AvgIpc) is 3.36. The minimum absolute atomic E-state index is 0.0258. The number of nitrogens with one attached hydrogen (secondary N) is 2. The van der Waals surface area contributed by atoms with Crippen molar-refractivity contribution in [3.8, 4) is 6.07 Å². The molecule has 2 fully saturated rings. The predicted molar refractivity (Wildman–Crippen MR) is 168 cm³/mol. The van der Waals surface area contributed by atoms with Gasteiger partial charge in [0.2, 0.25) is 17.8 Å². The molecule has 6 rings (SSSR count). The van der Waals surface area contributed by atoms with Crippen molar-refractivity contribution < 1.29 is 4.79 Å². The van der Waals surface area contributed by atoms with Gasteiger partial charge in [-0.2, -0.15) is 10.2 Å². The van der Waals surface area contributed by atoms with Crippen molar-refractivity contribution in [3.63, 3.8) is 0 Å². The van der Waals surface area contributed by atoms with Crippen LogP contribution in [-0.2, 0) is 11.3 Å². The topological polar surface area (TPSA) is 138 Å². The van der Waals surface area contributed by atoms with Crippen molar-refractivity contribution in [2.45, 2.75) is 57.2 Å². The molecule has 2 aliphatic rings. The first-order chi connectivity index (χ1) is 20.9. The fourth-order valence-electron chi connectivity index (χ4n) is 6.22. The molecule has 12 heteroatoms. The molecule has 2 aromatic heterocycles. The summed E-state index contributed by atoms with van der Waals surface area (Å²) in [6, 6.07) is 16.0. The zero-order chi connectivity index (χ0) is 29.9. The summed E-state index contributed by atoms with van der Waals surface area (Å²) < 4.78 is 2.06. The number of rotatable bonds is 8. The first-order valence-corrected chi connectivity index (χ1v) is 15.4. The van der Waals surface area contributed by atoms with E-state index in [1.54, 1.807) is 18.3 Å². The molecule has 222 valence electrons. The number of fused-ring (bicyclic) bond motifs is 1. The monoisotopic (exact) mass is 617 g/mol. The number of aromatic nitrogens is 4. The molecular formula is C31H33Cl2N9O. The largest absolute Gasteiger partial charge is 0.369 e. The summed E-state index contributed by atoms with van der Waals surface area (Å²) in [6.07, 6.45) is 6.71. The molecule has 1 aliphatic carbocycles. The minimum Gasteiger partial charge on any atom is -0.369 e.